The topological polar surface area (TPSA) is 90.9 Å². The van der Waals surface area contributed by atoms with Gasteiger partial charge in [0.25, 0.3) is 0 Å². The van der Waals surface area contributed by atoms with Gasteiger partial charge >= 0.3 is 17.9 Å². The quantitative estimate of drug-likeness (QED) is 0.588. The summed E-state index contributed by atoms with van der Waals surface area (Å²) < 4.78 is 15.3. The molecule has 1 fully saturated rings. The van der Waals surface area contributed by atoms with Crippen molar-refractivity contribution in [2.45, 2.75) is 46.3 Å². The molecule has 0 spiro atoms. The van der Waals surface area contributed by atoms with E-state index >= 15 is 0 Å². The van der Waals surface area contributed by atoms with Gasteiger partial charge in [0.15, 0.2) is 0 Å². The average molecular weight is 315 g/mol. The maximum absolute atomic E-state index is 12.3. The van der Waals surface area contributed by atoms with Crippen molar-refractivity contribution >= 4 is 17.9 Å². The van der Waals surface area contributed by atoms with Crippen LogP contribution in [0, 0.1) is 11.8 Å². The summed E-state index contributed by atoms with van der Waals surface area (Å²) in [6.07, 6.45) is 0. The Hall–Kier alpha value is -1.63. The molecule has 7 nitrogen and oxygen atoms in total. The molecular weight excluding hydrogens is 290 g/mol. The standard InChI is InChI=1S/C15H25NO6/c1-6-20-12(17)9-8-16-11(10(9)13(18)21-7-2)14(19)22-15(3,4)5/h9-11,16H,6-8H2,1-5H3. The van der Waals surface area contributed by atoms with E-state index in [1.54, 1.807) is 34.6 Å². The van der Waals surface area contributed by atoms with Gasteiger partial charge in [-0.25, -0.2) is 0 Å². The van der Waals surface area contributed by atoms with Crippen molar-refractivity contribution < 1.29 is 28.6 Å². The van der Waals surface area contributed by atoms with Gasteiger partial charge in [-0.05, 0) is 34.6 Å². The number of nitrogens with one attached hydrogen (secondary N) is 1. The van der Waals surface area contributed by atoms with Crippen LogP contribution >= 0.6 is 0 Å². The van der Waals surface area contributed by atoms with E-state index in [0.29, 0.717) is 0 Å². The van der Waals surface area contributed by atoms with Gasteiger partial charge in [0, 0.05) is 6.54 Å². The molecule has 1 heterocycles. The first-order chi connectivity index (χ1) is 10.2. The number of carbonyl (C=O) groups excluding carboxylic acids is 3. The third-order valence-electron chi connectivity index (χ3n) is 3.16. The van der Waals surface area contributed by atoms with Crippen molar-refractivity contribution in [1.82, 2.24) is 5.32 Å². The second kappa shape index (κ2) is 7.58. The van der Waals surface area contributed by atoms with Crippen molar-refractivity contribution in [1.29, 1.82) is 0 Å². The Morgan fingerprint density at radius 3 is 2.05 bits per heavy atom. The Bertz CT molecular complexity index is 428. The second-order valence-corrected chi connectivity index (χ2v) is 6.06. The molecule has 22 heavy (non-hydrogen) atoms. The highest BCUT2D eigenvalue weighted by Crippen LogP contribution is 2.27. The van der Waals surface area contributed by atoms with Crippen molar-refractivity contribution in [3.8, 4) is 0 Å². The van der Waals surface area contributed by atoms with E-state index in [0.717, 1.165) is 0 Å². The molecule has 7 heteroatoms. The highest BCUT2D eigenvalue weighted by atomic mass is 16.6. The van der Waals surface area contributed by atoms with Crippen molar-refractivity contribution in [3.63, 3.8) is 0 Å². The lowest BCUT2D eigenvalue weighted by Crippen LogP contribution is -2.44. The molecule has 0 aromatic carbocycles. The largest absolute Gasteiger partial charge is 0.466 e. The minimum atomic E-state index is -0.936. The van der Waals surface area contributed by atoms with Gasteiger partial charge in [-0.1, -0.05) is 0 Å². The zero-order valence-electron chi connectivity index (χ0n) is 13.8. The molecule has 1 saturated heterocycles. The van der Waals surface area contributed by atoms with Crippen LogP contribution in [0.2, 0.25) is 0 Å². The summed E-state index contributed by atoms with van der Waals surface area (Å²) in [6.45, 7) is 9.12. The molecule has 0 aromatic heterocycles. The maximum Gasteiger partial charge on any atom is 0.324 e. The fraction of sp³-hybridized carbons (Fsp3) is 0.800. The third kappa shape index (κ3) is 4.69. The van der Waals surface area contributed by atoms with Gasteiger partial charge in [-0.15, -0.1) is 0 Å². The summed E-state index contributed by atoms with van der Waals surface area (Å²) >= 11 is 0. The fourth-order valence-corrected chi connectivity index (χ4v) is 2.35. The first-order valence-electron chi connectivity index (χ1n) is 7.50. The van der Waals surface area contributed by atoms with Crippen LogP contribution in [0.15, 0.2) is 0 Å². The number of esters is 3. The highest BCUT2D eigenvalue weighted by molar-refractivity contribution is 5.90. The van der Waals surface area contributed by atoms with Gasteiger partial charge in [-0.2, -0.15) is 0 Å². The van der Waals surface area contributed by atoms with E-state index in [1.165, 1.54) is 0 Å². The molecule has 1 N–H and O–H groups in total. The summed E-state index contributed by atoms with van der Waals surface area (Å²) in [6, 6.07) is -0.910. The predicted molar refractivity (Wildman–Crippen MR) is 77.9 cm³/mol. The molecule has 0 saturated carbocycles. The summed E-state index contributed by atoms with van der Waals surface area (Å²) in [5.41, 5.74) is -0.681. The first-order valence-corrected chi connectivity index (χ1v) is 7.50. The van der Waals surface area contributed by atoms with Crippen LogP contribution in [0.1, 0.15) is 34.6 Å². The predicted octanol–water partition coefficient (Wildman–Crippen LogP) is 0.659. The van der Waals surface area contributed by atoms with E-state index in [-0.39, 0.29) is 19.8 Å². The van der Waals surface area contributed by atoms with E-state index in [9.17, 15) is 14.4 Å². The van der Waals surface area contributed by atoms with Crippen LogP contribution in [0.25, 0.3) is 0 Å². The van der Waals surface area contributed by atoms with Crippen LogP contribution in [0.5, 0.6) is 0 Å². The number of rotatable bonds is 5. The summed E-state index contributed by atoms with van der Waals surface area (Å²) in [5, 5.41) is 2.88. The molecule has 0 aliphatic carbocycles. The van der Waals surface area contributed by atoms with Crippen molar-refractivity contribution in [2.75, 3.05) is 19.8 Å². The van der Waals surface area contributed by atoms with Crippen LogP contribution < -0.4 is 5.32 Å². The number of carbonyl (C=O) groups is 3. The lowest BCUT2D eigenvalue weighted by molar-refractivity contribution is -0.166. The number of hydrogen-bond donors (Lipinski definition) is 1. The molecule has 126 valence electrons. The number of hydrogen-bond acceptors (Lipinski definition) is 7. The van der Waals surface area contributed by atoms with Crippen LogP contribution in [-0.2, 0) is 28.6 Å². The second-order valence-electron chi connectivity index (χ2n) is 6.06. The molecule has 0 aromatic rings. The van der Waals surface area contributed by atoms with E-state index in [2.05, 4.69) is 5.32 Å². The van der Waals surface area contributed by atoms with Crippen molar-refractivity contribution in [3.05, 3.63) is 0 Å². The minimum Gasteiger partial charge on any atom is -0.466 e. The Balaban J connectivity index is 2.94. The van der Waals surface area contributed by atoms with E-state index in [4.69, 9.17) is 14.2 Å². The summed E-state index contributed by atoms with van der Waals surface area (Å²) in [5.74, 6) is -3.37. The van der Waals surface area contributed by atoms with Gasteiger partial charge in [0.2, 0.25) is 0 Å². The van der Waals surface area contributed by atoms with Gasteiger partial charge in [-0.3, -0.25) is 14.4 Å². The van der Waals surface area contributed by atoms with Crippen LogP contribution in [0.3, 0.4) is 0 Å². The molecule has 0 bridgehead atoms. The Kier molecular flexibility index (Phi) is 6.34. The molecule has 0 radical (unpaired) electrons. The lowest BCUT2D eigenvalue weighted by atomic mass is 9.90. The third-order valence-corrected chi connectivity index (χ3v) is 3.16. The van der Waals surface area contributed by atoms with Crippen LogP contribution in [-0.4, -0.2) is 49.3 Å². The fourth-order valence-electron chi connectivity index (χ4n) is 2.35. The monoisotopic (exact) mass is 315 g/mol. The summed E-state index contributed by atoms with van der Waals surface area (Å²) in [4.78, 5) is 36.4. The molecule has 1 aliphatic heterocycles. The van der Waals surface area contributed by atoms with E-state index in [1.807, 2.05) is 0 Å². The molecule has 3 unspecified atom stereocenters. The molecule has 0 amide bonds. The SMILES string of the molecule is CCOC(=O)C1CNC(C(=O)OC(C)(C)C)C1C(=O)OCC. The normalized spacial score (nSPS) is 24.7. The molecule has 1 rings (SSSR count). The Morgan fingerprint density at radius 1 is 1.00 bits per heavy atom. The first kappa shape index (κ1) is 18.4. The Morgan fingerprint density at radius 2 is 1.55 bits per heavy atom. The van der Waals surface area contributed by atoms with Crippen LogP contribution in [0.4, 0.5) is 0 Å². The zero-order valence-corrected chi connectivity index (χ0v) is 13.8. The minimum absolute atomic E-state index is 0.173. The maximum atomic E-state index is 12.3. The van der Waals surface area contributed by atoms with Gasteiger partial charge < -0.3 is 19.5 Å². The highest BCUT2D eigenvalue weighted by Gasteiger charge is 2.50. The molecule has 3 atom stereocenters. The smallest absolute Gasteiger partial charge is 0.324 e. The van der Waals surface area contributed by atoms with Crippen molar-refractivity contribution in [2.24, 2.45) is 11.8 Å². The van der Waals surface area contributed by atoms with E-state index < -0.39 is 41.4 Å². The zero-order chi connectivity index (χ0) is 16.9. The Labute approximate surface area is 130 Å². The average Bonchev–Trinajstić information content (AvgIpc) is 2.82. The lowest BCUT2D eigenvalue weighted by Gasteiger charge is -2.25. The summed E-state index contributed by atoms with van der Waals surface area (Å²) in [7, 11) is 0. The molecule has 1 aliphatic rings. The molecular formula is C15H25NO6. The number of ether oxygens (including phenoxy) is 3. The van der Waals surface area contributed by atoms with Gasteiger partial charge in [0.05, 0.1) is 25.0 Å². The van der Waals surface area contributed by atoms with Gasteiger partial charge in [0.1, 0.15) is 11.6 Å².